The van der Waals surface area contributed by atoms with Gasteiger partial charge in [0.15, 0.2) is 0 Å². The van der Waals surface area contributed by atoms with E-state index < -0.39 is 0 Å². The van der Waals surface area contributed by atoms with Crippen molar-refractivity contribution in [1.82, 2.24) is 20.0 Å². The summed E-state index contributed by atoms with van der Waals surface area (Å²) in [6.45, 7) is 2.76. The van der Waals surface area contributed by atoms with Crippen molar-refractivity contribution >= 4 is 11.6 Å². The fraction of sp³-hybridized carbons (Fsp3) is 0.381. The molecule has 29 heavy (non-hydrogen) atoms. The van der Waals surface area contributed by atoms with E-state index in [4.69, 9.17) is 25.6 Å². The lowest BCUT2D eigenvalue weighted by molar-refractivity contribution is 0.144. The Balaban J connectivity index is 1.46. The van der Waals surface area contributed by atoms with Gasteiger partial charge in [0.1, 0.15) is 6.61 Å². The zero-order chi connectivity index (χ0) is 20.1. The van der Waals surface area contributed by atoms with E-state index in [0.29, 0.717) is 30.8 Å². The molecule has 0 saturated carbocycles. The summed E-state index contributed by atoms with van der Waals surface area (Å²) < 4.78 is 16.2. The van der Waals surface area contributed by atoms with Crippen molar-refractivity contribution < 1.29 is 14.0 Å². The van der Waals surface area contributed by atoms with Gasteiger partial charge in [0, 0.05) is 36.5 Å². The molecule has 3 heterocycles. The number of halogens is 1. The Kier molecular flexibility index (Phi) is 6.39. The first-order chi connectivity index (χ1) is 14.2. The molecule has 1 aromatic carbocycles. The molecule has 0 unspecified atom stereocenters. The molecule has 4 rings (SSSR count). The molecule has 152 valence electrons. The van der Waals surface area contributed by atoms with Gasteiger partial charge >= 0.3 is 0 Å². The molecule has 8 heteroatoms. The standard InChI is InChI=1S/C21H23ClN4O3/c1-27-11-12-28-19-13-16(8-9-23-19)20-24-21(29-25-20)18-3-2-10-26(18)14-15-4-6-17(22)7-5-15/h4-9,13,18H,2-3,10-12,14H2,1H3/t18-/m0/s1. The summed E-state index contributed by atoms with van der Waals surface area (Å²) in [5.74, 6) is 1.69. The van der Waals surface area contributed by atoms with Crippen LogP contribution < -0.4 is 4.74 Å². The molecule has 0 N–H and O–H groups in total. The SMILES string of the molecule is COCCOc1cc(-c2noc([C@@H]3CCCN3Cc3ccc(Cl)cc3)n2)ccn1. The molecular weight excluding hydrogens is 392 g/mol. The molecule has 0 amide bonds. The lowest BCUT2D eigenvalue weighted by Gasteiger charge is -2.21. The summed E-state index contributed by atoms with van der Waals surface area (Å²) >= 11 is 5.99. The van der Waals surface area contributed by atoms with Crippen LogP contribution in [0.1, 0.15) is 30.3 Å². The van der Waals surface area contributed by atoms with Crippen LogP contribution in [0.25, 0.3) is 11.4 Å². The number of rotatable bonds is 8. The molecule has 2 aromatic heterocycles. The van der Waals surface area contributed by atoms with Gasteiger partial charge in [-0.3, -0.25) is 4.90 Å². The minimum Gasteiger partial charge on any atom is -0.475 e. The first-order valence-corrected chi connectivity index (χ1v) is 10.0. The van der Waals surface area contributed by atoms with Gasteiger partial charge in [-0.15, -0.1) is 0 Å². The molecule has 1 fully saturated rings. The van der Waals surface area contributed by atoms with Gasteiger partial charge in [0.25, 0.3) is 0 Å². The number of benzene rings is 1. The van der Waals surface area contributed by atoms with Gasteiger partial charge in [-0.2, -0.15) is 4.98 Å². The Bertz CT molecular complexity index is 932. The fourth-order valence-corrected chi connectivity index (χ4v) is 3.59. The van der Waals surface area contributed by atoms with Crippen molar-refractivity contribution in [1.29, 1.82) is 0 Å². The van der Waals surface area contributed by atoms with Gasteiger partial charge in [-0.25, -0.2) is 4.98 Å². The van der Waals surface area contributed by atoms with Gasteiger partial charge in [-0.1, -0.05) is 28.9 Å². The van der Waals surface area contributed by atoms with E-state index in [2.05, 4.69) is 32.2 Å². The number of ether oxygens (including phenoxy) is 2. The molecule has 1 saturated heterocycles. The zero-order valence-corrected chi connectivity index (χ0v) is 17.0. The van der Waals surface area contributed by atoms with Gasteiger partial charge in [-0.05, 0) is 43.1 Å². The van der Waals surface area contributed by atoms with Crippen LogP contribution in [0, 0.1) is 0 Å². The lowest BCUT2D eigenvalue weighted by atomic mass is 10.2. The predicted octanol–water partition coefficient (Wildman–Crippen LogP) is 4.15. The van der Waals surface area contributed by atoms with Crippen molar-refractivity contribution in [2.24, 2.45) is 0 Å². The van der Waals surface area contributed by atoms with Crippen LogP contribution in [0.15, 0.2) is 47.1 Å². The predicted molar refractivity (Wildman–Crippen MR) is 109 cm³/mol. The van der Waals surface area contributed by atoms with Crippen LogP contribution in [0.2, 0.25) is 5.02 Å². The van der Waals surface area contributed by atoms with Gasteiger partial charge < -0.3 is 14.0 Å². The zero-order valence-electron chi connectivity index (χ0n) is 16.3. The largest absolute Gasteiger partial charge is 0.475 e. The molecule has 1 atom stereocenters. The summed E-state index contributed by atoms with van der Waals surface area (Å²) in [7, 11) is 1.63. The lowest BCUT2D eigenvalue weighted by Crippen LogP contribution is -2.23. The average molecular weight is 415 g/mol. The summed E-state index contributed by atoms with van der Waals surface area (Å²) in [4.78, 5) is 11.2. The second-order valence-corrected chi connectivity index (χ2v) is 7.37. The van der Waals surface area contributed by atoms with E-state index in [9.17, 15) is 0 Å². The molecule has 0 radical (unpaired) electrons. The molecule has 3 aromatic rings. The highest BCUT2D eigenvalue weighted by Gasteiger charge is 2.30. The summed E-state index contributed by atoms with van der Waals surface area (Å²) in [5.41, 5.74) is 2.03. The van der Waals surface area contributed by atoms with Crippen LogP contribution in [-0.2, 0) is 11.3 Å². The number of aromatic nitrogens is 3. The Morgan fingerprint density at radius 3 is 2.90 bits per heavy atom. The van der Waals surface area contributed by atoms with Crippen LogP contribution in [0.3, 0.4) is 0 Å². The Morgan fingerprint density at radius 2 is 2.07 bits per heavy atom. The first-order valence-electron chi connectivity index (χ1n) is 9.63. The number of methoxy groups -OCH3 is 1. The van der Waals surface area contributed by atoms with Crippen molar-refractivity contribution in [2.45, 2.75) is 25.4 Å². The number of nitrogens with zero attached hydrogens (tertiary/aromatic N) is 4. The number of likely N-dealkylation sites (tertiary alicyclic amines) is 1. The van der Waals surface area contributed by atoms with E-state index in [1.807, 2.05) is 24.3 Å². The quantitative estimate of drug-likeness (QED) is 0.512. The second kappa shape index (κ2) is 9.35. The van der Waals surface area contributed by atoms with Crippen LogP contribution >= 0.6 is 11.6 Å². The molecule has 0 spiro atoms. The van der Waals surface area contributed by atoms with Gasteiger partial charge in [0.05, 0.1) is 12.6 Å². The second-order valence-electron chi connectivity index (χ2n) is 6.94. The normalized spacial score (nSPS) is 17.0. The van der Waals surface area contributed by atoms with E-state index in [-0.39, 0.29) is 6.04 Å². The minimum absolute atomic E-state index is 0.117. The van der Waals surface area contributed by atoms with Crippen LogP contribution in [-0.4, -0.2) is 46.9 Å². The van der Waals surface area contributed by atoms with E-state index in [0.717, 1.165) is 36.5 Å². The first kappa shape index (κ1) is 19.8. The van der Waals surface area contributed by atoms with Crippen molar-refractivity contribution in [2.75, 3.05) is 26.9 Å². The maximum absolute atomic E-state index is 5.99. The molecule has 1 aliphatic rings. The smallest absolute Gasteiger partial charge is 0.244 e. The van der Waals surface area contributed by atoms with Crippen LogP contribution in [0.5, 0.6) is 5.88 Å². The topological polar surface area (TPSA) is 73.5 Å². The average Bonchev–Trinajstić information content (AvgIpc) is 3.40. The molecule has 0 bridgehead atoms. The molecule has 7 nitrogen and oxygen atoms in total. The Hall–Kier alpha value is -2.48. The van der Waals surface area contributed by atoms with E-state index in [1.165, 1.54) is 5.56 Å². The van der Waals surface area contributed by atoms with E-state index >= 15 is 0 Å². The summed E-state index contributed by atoms with van der Waals surface area (Å²) in [5, 5.41) is 4.93. The highest BCUT2D eigenvalue weighted by molar-refractivity contribution is 6.30. The number of pyridine rings is 1. The highest BCUT2D eigenvalue weighted by atomic mass is 35.5. The number of hydrogen-bond acceptors (Lipinski definition) is 7. The Morgan fingerprint density at radius 1 is 1.21 bits per heavy atom. The third-order valence-corrected chi connectivity index (χ3v) is 5.17. The highest BCUT2D eigenvalue weighted by Crippen LogP contribution is 2.33. The Labute approximate surface area is 174 Å². The van der Waals surface area contributed by atoms with Gasteiger partial charge in [0.2, 0.25) is 17.6 Å². The fourth-order valence-electron chi connectivity index (χ4n) is 3.46. The molecular formula is C21H23ClN4O3. The van der Waals surface area contributed by atoms with Crippen molar-refractivity contribution in [3.8, 4) is 17.3 Å². The van der Waals surface area contributed by atoms with Crippen molar-refractivity contribution in [3.05, 3.63) is 59.1 Å². The number of hydrogen-bond donors (Lipinski definition) is 0. The summed E-state index contributed by atoms with van der Waals surface area (Å²) in [6.07, 6.45) is 3.77. The molecule has 1 aliphatic heterocycles. The molecule has 0 aliphatic carbocycles. The third-order valence-electron chi connectivity index (χ3n) is 4.92. The van der Waals surface area contributed by atoms with Crippen LogP contribution in [0.4, 0.5) is 0 Å². The summed E-state index contributed by atoms with van der Waals surface area (Å²) in [6, 6.07) is 11.7. The monoisotopic (exact) mass is 414 g/mol. The maximum Gasteiger partial charge on any atom is 0.244 e. The maximum atomic E-state index is 5.99. The minimum atomic E-state index is 0.117. The van der Waals surface area contributed by atoms with Crippen molar-refractivity contribution in [3.63, 3.8) is 0 Å². The third kappa shape index (κ3) is 4.93. The van der Waals surface area contributed by atoms with E-state index in [1.54, 1.807) is 13.3 Å².